The lowest BCUT2D eigenvalue weighted by Crippen LogP contribution is -2.30. The van der Waals surface area contributed by atoms with Crippen LogP contribution >= 0.6 is 0 Å². The summed E-state index contributed by atoms with van der Waals surface area (Å²) >= 11 is 0. The van der Waals surface area contributed by atoms with E-state index in [4.69, 9.17) is 4.42 Å². The summed E-state index contributed by atoms with van der Waals surface area (Å²) < 4.78 is 5.19. The van der Waals surface area contributed by atoms with Gasteiger partial charge in [0.15, 0.2) is 0 Å². The topological polar surface area (TPSA) is 79.6 Å². The summed E-state index contributed by atoms with van der Waals surface area (Å²) in [6, 6.07) is 13.5. The maximum atomic E-state index is 12.9. The van der Waals surface area contributed by atoms with Crippen LogP contribution in [0, 0.1) is 13.8 Å². The van der Waals surface area contributed by atoms with E-state index in [1.54, 1.807) is 24.3 Å². The molecule has 0 bridgehead atoms. The fourth-order valence-electron chi connectivity index (χ4n) is 3.26. The van der Waals surface area contributed by atoms with Gasteiger partial charge >= 0.3 is 0 Å². The molecule has 3 amide bonds. The number of rotatable bonds is 4. The van der Waals surface area contributed by atoms with E-state index >= 15 is 0 Å². The number of aryl methyl sites for hydroxylation is 1. The first kappa shape index (κ1) is 17.7. The number of anilines is 1. The molecule has 6 heteroatoms. The summed E-state index contributed by atoms with van der Waals surface area (Å²) in [5.74, 6) is -0.517. The molecule has 2 aromatic carbocycles. The second-order valence-corrected chi connectivity index (χ2v) is 6.69. The third-order valence-electron chi connectivity index (χ3n) is 4.97. The quantitative estimate of drug-likeness (QED) is 0.707. The normalized spacial score (nSPS) is 13.0. The molecule has 0 atom stereocenters. The summed E-state index contributed by atoms with van der Waals surface area (Å²) in [6.07, 6.45) is 1.53. The van der Waals surface area contributed by atoms with Gasteiger partial charge in [0.1, 0.15) is 5.76 Å². The largest absolute Gasteiger partial charge is 0.467 e. The van der Waals surface area contributed by atoms with Crippen LogP contribution < -0.4 is 10.2 Å². The van der Waals surface area contributed by atoms with Gasteiger partial charge in [-0.3, -0.25) is 14.4 Å². The minimum atomic E-state index is -0.422. The van der Waals surface area contributed by atoms with Crippen LogP contribution in [0.25, 0.3) is 0 Å². The summed E-state index contributed by atoms with van der Waals surface area (Å²) in [5, 5.41) is 2.74. The Kier molecular flexibility index (Phi) is 4.31. The van der Waals surface area contributed by atoms with Crippen molar-refractivity contribution in [2.45, 2.75) is 20.4 Å². The third-order valence-corrected chi connectivity index (χ3v) is 4.97. The molecular weight excluding hydrogens is 356 g/mol. The van der Waals surface area contributed by atoms with E-state index in [1.807, 2.05) is 26.0 Å². The van der Waals surface area contributed by atoms with Crippen LogP contribution in [0.4, 0.5) is 5.69 Å². The Bertz CT molecular complexity index is 1100. The highest BCUT2D eigenvalue weighted by molar-refractivity contribution is 6.35. The smallest absolute Gasteiger partial charge is 0.266 e. The van der Waals surface area contributed by atoms with Crippen molar-refractivity contribution in [3.8, 4) is 0 Å². The molecule has 28 heavy (non-hydrogen) atoms. The van der Waals surface area contributed by atoms with Gasteiger partial charge in [0.25, 0.3) is 17.7 Å². The molecule has 2 heterocycles. The first-order valence-corrected chi connectivity index (χ1v) is 8.87. The van der Waals surface area contributed by atoms with Crippen LogP contribution in [-0.4, -0.2) is 17.7 Å². The Morgan fingerprint density at radius 2 is 1.79 bits per heavy atom. The van der Waals surface area contributed by atoms with E-state index in [0.717, 1.165) is 11.1 Å². The monoisotopic (exact) mass is 374 g/mol. The zero-order valence-electron chi connectivity index (χ0n) is 15.5. The Morgan fingerprint density at radius 1 is 1.00 bits per heavy atom. The van der Waals surface area contributed by atoms with Gasteiger partial charge < -0.3 is 9.73 Å². The standard InChI is InChI=1S/C22H18N2O4/c1-13-5-3-7-19(14(13)2)24-21(26)17-9-8-15(11-18(17)22(24)27)20(25)23-12-16-6-4-10-28-16/h3-11H,12H2,1-2H3,(H,23,25). The molecule has 0 fully saturated rings. The van der Waals surface area contributed by atoms with Crippen molar-refractivity contribution >= 4 is 23.4 Å². The molecule has 1 N–H and O–H groups in total. The van der Waals surface area contributed by atoms with E-state index in [2.05, 4.69) is 5.32 Å². The third kappa shape index (κ3) is 2.89. The Balaban J connectivity index is 1.62. The van der Waals surface area contributed by atoms with Gasteiger partial charge in [-0.15, -0.1) is 0 Å². The minimum absolute atomic E-state index is 0.233. The summed E-state index contributed by atoms with van der Waals surface area (Å²) in [6.45, 7) is 4.05. The van der Waals surface area contributed by atoms with Crippen LogP contribution in [0.1, 0.15) is 48.0 Å². The van der Waals surface area contributed by atoms with Crippen LogP contribution in [0.15, 0.2) is 59.2 Å². The molecule has 0 spiro atoms. The first-order chi connectivity index (χ1) is 13.5. The van der Waals surface area contributed by atoms with Gasteiger partial charge in [-0.2, -0.15) is 0 Å². The molecular formula is C22H18N2O4. The fourth-order valence-corrected chi connectivity index (χ4v) is 3.26. The van der Waals surface area contributed by atoms with Crippen molar-refractivity contribution in [3.05, 3.63) is 88.4 Å². The first-order valence-electron chi connectivity index (χ1n) is 8.87. The molecule has 4 rings (SSSR count). The highest BCUT2D eigenvalue weighted by Gasteiger charge is 2.37. The molecule has 1 aromatic heterocycles. The van der Waals surface area contributed by atoms with Gasteiger partial charge in [0.05, 0.1) is 29.6 Å². The van der Waals surface area contributed by atoms with E-state index < -0.39 is 5.91 Å². The Morgan fingerprint density at radius 3 is 2.54 bits per heavy atom. The van der Waals surface area contributed by atoms with E-state index in [-0.39, 0.29) is 23.9 Å². The molecule has 140 valence electrons. The minimum Gasteiger partial charge on any atom is -0.467 e. The van der Waals surface area contributed by atoms with Crippen molar-refractivity contribution in [1.29, 1.82) is 0 Å². The predicted octanol–water partition coefficient (Wildman–Crippen LogP) is 3.63. The number of hydrogen-bond donors (Lipinski definition) is 1. The maximum absolute atomic E-state index is 12.9. The molecule has 1 aliphatic heterocycles. The lowest BCUT2D eigenvalue weighted by Gasteiger charge is -2.17. The average molecular weight is 374 g/mol. The number of fused-ring (bicyclic) bond motifs is 1. The predicted molar refractivity (Wildman–Crippen MR) is 103 cm³/mol. The summed E-state index contributed by atoms with van der Waals surface area (Å²) in [5.41, 5.74) is 3.27. The summed E-state index contributed by atoms with van der Waals surface area (Å²) in [4.78, 5) is 39.4. The van der Waals surface area contributed by atoms with Gasteiger partial charge in [0.2, 0.25) is 0 Å². The molecule has 0 aliphatic carbocycles. The van der Waals surface area contributed by atoms with Crippen molar-refractivity contribution in [3.63, 3.8) is 0 Å². The number of nitrogens with zero attached hydrogens (tertiary/aromatic N) is 1. The van der Waals surface area contributed by atoms with Crippen LogP contribution in [0.2, 0.25) is 0 Å². The van der Waals surface area contributed by atoms with Crippen LogP contribution in [0.5, 0.6) is 0 Å². The van der Waals surface area contributed by atoms with Crippen molar-refractivity contribution in [1.82, 2.24) is 5.32 Å². The summed E-state index contributed by atoms with van der Waals surface area (Å²) in [7, 11) is 0. The average Bonchev–Trinajstić information content (AvgIpc) is 3.30. The number of amides is 3. The molecule has 6 nitrogen and oxygen atoms in total. The zero-order chi connectivity index (χ0) is 19.8. The van der Waals surface area contributed by atoms with Gasteiger partial charge in [0, 0.05) is 5.56 Å². The lowest BCUT2D eigenvalue weighted by atomic mass is 10.1. The Labute approximate surface area is 161 Å². The van der Waals surface area contributed by atoms with E-state index in [9.17, 15) is 14.4 Å². The van der Waals surface area contributed by atoms with Crippen molar-refractivity contribution in [2.75, 3.05) is 4.90 Å². The molecule has 3 aromatic rings. The van der Waals surface area contributed by atoms with Crippen LogP contribution in [0.3, 0.4) is 0 Å². The Hall–Kier alpha value is -3.67. The number of carbonyl (C=O) groups excluding carboxylic acids is 3. The second kappa shape index (κ2) is 6.81. The number of nitrogens with one attached hydrogen (secondary N) is 1. The van der Waals surface area contributed by atoms with E-state index in [1.165, 1.54) is 23.3 Å². The fraction of sp³-hybridized carbons (Fsp3) is 0.136. The molecule has 0 radical (unpaired) electrons. The zero-order valence-corrected chi connectivity index (χ0v) is 15.5. The van der Waals surface area contributed by atoms with Crippen LogP contribution in [-0.2, 0) is 6.54 Å². The van der Waals surface area contributed by atoms with Gasteiger partial charge in [-0.25, -0.2) is 4.90 Å². The molecule has 0 saturated carbocycles. The van der Waals surface area contributed by atoms with Gasteiger partial charge in [-0.05, 0) is 61.4 Å². The number of carbonyl (C=O) groups is 3. The molecule has 0 unspecified atom stereocenters. The highest BCUT2D eigenvalue weighted by Crippen LogP contribution is 2.32. The molecule has 0 saturated heterocycles. The lowest BCUT2D eigenvalue weighted by molar-refractivity contribution is 0.0923. The van der Waals surface area contributed by atoms with E-state index in [0.29, 0.717) is 22.6 Å². The van der Waals surface area contributed by atoms with Gasteiger partial charge in [-0.1, -0.05) is 12.1 Å². The number of benzene rings is 2. The van der Waals surface area contributed by atoms with Crippen molar-refractivity contribution in [2.24, 2.45) is 0 Å². The second-order valence-electron chi connectivity index (χ2n) is 6.69. The number of imide groups is 1. The highest BCUT2D eigenvalue weighted by atomic mass is 16.3. The molecule has 1 aliphatic rings. The number of hydrogen-bond acceptors (Lipinski definition) is 4. The van der Waals surface area contributed by atoms with Crippen molar-refractivity contribution < 1.29 is 18.8 Å². The maximum Gasteiger partial charge on any atom is 0.266 e. The number of furan rings is 1. The SMILES string of the molecule is Cc1cccc(N2C(=O)c3ccc(C(=O)NCc4ccco4)cc3C2=O)c1C.